The summed E-state index contributed by atoms with van der Waals surface area (Å²) in [6.07, 6.45) is 5.05. The molecule has 1 aromatic carbocycles. The molecule has 0 unspecified atom stereocenters. The third-order valence-electron chi connectivity index (χ3n) is 2.55. The molecule has 20 heavy (non-hydrogen) atoms. The van der Waals surface area contributed by atoms with E-state index in [4.69, 9.17) is 0 Å². The number of guanidine groups is 1. The summed E-state index contributed by atoms with van der Waals surface area (Å²) in [6, 6.07) is 6.71. The van der Waals surface area contributed by atoms with Gasteiger partial charge in [-0.25, -0.2) is 9.38 Å². The Labute approximate surface area is 137 Å². The van der Waals surface area contributed by atoms with Crippen molar-refractivity contribution in [3.8, 4) is 0 Å². The maximum atomic E-state index is 13.5. The van der Waals surface area contributed by atoms with Crippen molar-refractivity contribution < 1.29 is 4.39 Å². The Morgan fingerprint density at radius 2 is 2.05 bits per heavy atom. The van der Waals surface area contributed by atoms with E-state index in [1.165, 1.54) is 6.07 Å². The van der Waals surface area contributed by atoms with Crippen LogP contribution in [0.2, 0.25) is 0 Å². The minimum Gasteiger partial charge on any atom is -0.357 e. The molecular weight excluding hydrogens is 368 g/mol. The van der Waals surface area contributed by atoms with Gasteiger partial charge in [-0.15, -0.1) is 24.0 Å². The molecule has 0 saturated heterocycles. The molecule has 0 aliphatic rings. The molecule has 1 aromatic rings. The second-order valence-electron chi connectivity index (χ2n) is 4.07. The number of nitrogens with zero attached hydrogens (tertiary/aromatic N) is 1. The summed E-state index contributed by atoms with van der Waals surface area (Å²) in [6.45, 7) is 5.94. The SMILES string of the molecule is CC=CCCNC(=NCc1ccccc1F)NCC.I. The molecule has 0 aromatic heterocycles. The van der Waals surface area contributed by atoms with Gasteiger partial charge in [-0.2, -0.15) is 0 Å². The summed E-state index contributed by atoms with van der Waals surface area (Å²) in [4.78, 5) is 4.37. The van der Waals surface area contributed by atoms with Gasteiger partial charge in [0, 0.05) is 18.7 Å². The van der Waals surface area contributed by atoms with Crippen molar-refractivity contribution in [1.29, 1.82) is 0 Å². The lowest BCUT2D eigenvalue weighted by Crippen LogP contribution is -2.37. The normalized spacial score (nSPS) is 11.2. The molecule has 5 heteroatoms. The van der Waals surface area contributed by atoms with Crippen molar-refractivity contribution in [1.82, 2.24) is 10.6 Å². The van der Waals surface area contributed by atoms with E-state index >= 15 is 0 Å². The molecule has 3 nitrogen and oxygen atoms in total. The second kappa shape index (κ2) is 11.7. The summed E-state index contributed by atoms with van der Waals surface area (Å²) in [7, 11) is 0. The van der Waals surface area contributed by atoms with Crippen LogP contribution in [0.15, 0.2) is 41.4 Å². The quantitative estimate of drug-likeness (QED) is 0.256. The average Bonchev–Trinajstić information content (AvgIpc) is 2.42. The van der Waals surface area contributed by atoms with Gasteiger partial charge in [0.1, 0.15) is 5.82 Å². The van der Waals surface area contributed by atoms with Crippen molar-refractivity contribution in [2.45, 2.75) is 26.8 Å². The molecule has 112 valence electrons. The zero-order valence-corrected chi connectivity index (χ0v) is 14.4. The number of hydrogen-bond donors (Lipinski definition) is 2. The predicted octanol–water partition coefficient (Wildman–Crippen LogP) is 3.47. The van der Waals surface area contributed by atoms with E-state index in [2.05, 4.69) is 21.7 Å². The lowest BCUT2D eigenvalue weighted by atomic mass is 10.2. The molecular formula is C15H23FIN3. The highest BCUT2D eigenvalue weighted by molar-refractivity contribution is 14.0. The molecule has 0 radical (unpaired) electrons. The van der Waals surface area contributed by atoms with Crippen molar-refractivity contribution in [2.24, 2.45) is 4.99 Å². The van der Waals surface area contributed by atoms with Crippen LogP contribution in [0.25, 0.3) is 0 Å². The predicted molar refractivity (Wildman–Crippen MR) is 94.1 cm³/mol. The third kappa shape index (κ3) is 7.47. The molecule has 2 N–H and O–H groups in total. The lowest BCUT2D eigenvalue weighted by Gasteiger charge is -2.10. The largest absolute Gasteiger partial charge is 0.357 e. The van der Waals surface area contributed by atoms with Crippen LogP contribution in [0.3, 0.4) is 0 Å². The Morgan fingerprint density at radius 3 is 2.70 bits per heavy atom. The molecule has 0 bridgehead atoms. The van der Waals surface area contributed by atoms with Crippen LogP contribution in [0, 0.1) is 5.82 Å². The van der Waals surface area contributed by atoms with E-state index in [1.807, 2.05) is 26.0 Å². The zero-order chi connectivity index (χ0) is 13.9. The van der Waals surface area contributed by atoms with E-state index in [1.54, 1.807) is 12.1 Å². The fourth-order valence-electron chi connectivity index (χ4n) is 1.57. The number of hydrogen-bond acceptors (Lipinski definition) is 1. The average molecular weight is 391 g/mol. The molecule has 0 aliphatic carbocycles. The van der Waals surface area contributed by atoms with E-state index in [0.29, 0.717) is 12.1 Å². The van der Waals surface area contributed by atoms with E-state index in [9.17, 15) is 4.39 Å². The fraction of sp³-hybridized carbons (Fsp3) is 0.400. The van der Waals surface area contributed by atoms with Crippen LogP contribution >= 0.6 is 24.0 Å². The fourth-order valence-corrected chi connectivity index (χ4v) is 1.57. The van der Waals surface area contributed by atoms with E-state index in [-0.39, 0.29) is 29.8 Å². The molecule has 0 saturated carbocycles. The van der Waals surface area contributed by atoms with Crippen LogP contribution in [0.5, 0.6) is 0 Å². The topological polar surface area (TPSA) is 36.4 Å². The Kier molecular flexibility index (Phi) is 11.0. The van der Waals surface area contributed by atoms with Gasteiger partial charge in [0.15, 0.2) is 5.96 Å². The first-order valence-corrected chi connectivity index (χ1v) is 6.64. The summed E-state index contributed by atoms with van der Waals surface area (Å²) < 4.78 is 13.5. The smallest absolute Gasteiger partial charge is 0.191 e. The first-order valence-electron chi connectivity index (χ1n) is 6.64. The highest BCUT2D eigenvalue weighted by Gasteiger charge is 2.00. The Morgan fingerprint density at radius 1 is 1.30 bits per heavy atom. The number of benzene rings is 1. The maximum absolute atomic E-state index is 13.5. The number of halogens is 2. The third-order valence-corrected chi connectivity index (χ3v) is 2.55. The van der Waals surface area contributed by atoms with Gasteiger partial charge < -0.3 is 10.6 Å². The molecule has 0 atom stereocenters. The van der Waals surface area contributed by atoms with Gasteiger partial charge in [-0.1, -0.05) is 30.4 Å². The highest BCUT2D eigenvalue weighted by atomic mass is 127. The Bertz CT molecular complexity index is 433. The summed E-state index contributed by atoms with van der Waals surface area (Å²) in [5, 5.41) is 6.35. The van der Waals surface area contributed by atoms with Gasteiger partial charge in [0.25, 0.3) is 0 Å². The summed E-state index contributed by atoms with van der Waals surface area (Å²) in [5.74, 6) is 0.506. The summed E-state index contributed by atoms with van der Waals surface area (Å²) in [5.41, 5.74) is 0.605. The molecule has 0 spiro atoms. The maximum Gasteiger partial charge on any atom is 0.191 e. The number of allylic oxidation sites excluding steroid dienone is 1. The molecule has 1 rings (SSSR count). The zero-order valence-electron chi connectivity index (χ0n) is 12.0. The standard InChI is InChI=1S/C15H22FN3.HI/c1-3-5-8-11-18-15(17-4-2)19-12-13-9-6-7-10-14(13)16;/h3,5-7,9-10H,4,8,11-12H2,1-2H3,(H2,17,18,19);1H. The van der Waals surface area contributed by atoms with Gasteiger partial charge >= 0.3 is 0 Å². The molecule has 0 aliphatic heterocycles. The minimum atomic E-state index is -0.212. The number of aliphatic imine (C=N–C) groups is 1. The number of rotatable bonds is 6. The monoisotopic (exact) mass is 391 g/mol. The van der Waals surface area contributed by atoms with Crippen LogP contribution in [0.1, 0.15) is 25.8 Å². The Balaban J connectivity index is 0.00000361. The van der Waals surface area contributed by atoms with Crippen molar-refractivity contribution in [3.63, 3.8) is 0 Å². The van der Waals surface area contributed by atoms with Crippen molar-refractivity contribution >= 4 is 29.9 Å². The molecule has 0 heterocycles. The van der Waals surface area contributed by atoms with Gasteiger partial charge in [-0.3, -0.25) is 0 Å². The van der Waals surface area contributed by atoms with Crippen molar-refractivity contribution in [3.05, 3.63) is 47.8 Å². The highest BCUT2D eigenvalue weighted by Crippen LogP contribution is 2.07. The summed E-state index contributed by atoms with van der Waals surface area (Å²) >= 11 is 0. The van der Waals surface area contributed by atoms with Crippen LogP contribution in [-0.2, 0) is 6.54 Å². The van der Waals surface area contributed by atoms with Gasteiger partial charge in [0.2, 0.25) is 0 Å². The van der Waals surface area contributed by atoms with Crippen LogP contribution in [-0.4, -0.2) is 19.0 Å². The van der Waals surface area contributed by atoms with Crippen LogP contribution in [0.4, 0.5) is 4.39 Å². The first kappa shape index (κ1) is 18.9. The molecule has 0 fully saturated rings. The van der Waals surface area contributed by atoms with Crippen LogP contribution < -0.4 is 10.6 Å². The van der Waals surface area contributed by atoms with Crippen molar-refractivity contribution in [2.75, 3.05) is 13.1 Å². The Hall–Kier alpha value is -1.11. The lowest BCUT2D eigenvalue weighted by molar-refractivity contribution is 0.610. The van der Waals surface area contributed by atoms with E-state index < -0.39 is 0 Å². The van der Waals surface area contributed by atoms with Gasteiger partial charge in [-0.05, 0) is 26.3 Å². The van der Waals surface area contributed by atoms with Gasteiger partial charge in [0.05, 0.1) is 6.54 Å². The minimum absolute atomic E-state index is 0. The first-order chi connectivity index (χ1) is 9.27. The molecule has 0 amide bonds. The second-order valence-corrected chi connectivity index (χ2v) is 4.07. The van der Waals surface area contributed by atoms with E-state index in [0.717, 1.165) is 25.5 Å². The number of nitrogens with one attached hydrogen (secondary N) is 2.